The first kappa shape index (κ1) is 14.5. The minimum absolute atomic E-state index is 0.116. The van der Waals surface area contributed by atoms with E-state index in [9.17, 15) is 4.79 Å². The number of rotatable bonds is 3. The van der Waals surface area contributed by atoms with Crippen molar-refractivity contribution < 1.29 is 9.53 Å². The highest BCUT2D eigenvalue weighted by Gasteiger charge is 2.24. The molecule has 0 atom stereocenters. The summed E-state index contributed by atoms with van der Waals surface area (Å²) in [6.07, 6.45) is 2.18. The lowest BCUT2D eigenvalue weighted by Crippen LogP contribution is -2.41. The second kappa shape index (κ2) is 6.53. The van der Waals surface area contributed by atoms with Crippen LogP contribution >= 0.6 is 15.9 Å². The van der Waals surface area contributed by atoms with Crippen LogP contribution in [0.3, 0.4) is 0 Å². The van der Waals surface area contributed by atoms with E-state index in [4.69, 9.17) is 4.74 Å². The summed E-state index contributed by atoms with van der Waals surface area (Å²) in [6.45, 7) is 6.34. The minimum atomic E-state index is 0.116. The smallest absolute Gasteiger partial charge is 0.255 e. The van der Waals surface area contributed by atoms with Gasteiger partial charge in [0.2, 0.25) is 0 Å². The molecule has 1 aliphatic rings. The fourth-order valence-electron chi connectivity index (χ4n) is 2.43. The van der Waals surface area contributed by atoms with Crippen LogP contribution in [0.4, 0.5) is 0 Å². The molecule has 1 heterocycles. The Bertz CT molecular complexity index is 453. The van der Waals surface area contributed by atoms with Crippen LogP contribution in [0.15, 0.2) is 22.7 Å². The van der Waals surface area contributed by atoms with Crippen molar-refractivity contribution in [3.05, 3.63) is 33.8 Å². The summed E-state index contributed by atoms with van der Waals surface area (Å²) in [4.78, 5) is 14.4. The van der Waals surface area contributed by atoms with Crippen molar-refractivity contribution in [2.45, 2.75) is 32.8 Å². The lowest BCUT2D eigenvalue weighted by atomic mass is 10.1. The summed E-state index contributed by atoms with van der Waals surface area (Å²) >= 11 is 3.46. The molecule has 1 aliphatic heterocycles. The zero-order valence-corrected chi connectivity index (χ0v) is 13.1. The van der Waals surface area contributed by atoms with Crippen molar-refractivity contribution in [3.8, 4) is 0 Å². The van der Waals surface area contributed by atoms with E-state index < -0.39 is 0 Å². The molecule has 1 fully saturated rings. The Morgan fingerprint density at radius 3 is 2.74 bits per heavy atom. The predicted molar refractivity (Wildman–Crippen MR) is 79.4 cm³/mol. The Kier molecular flexibility index (Phi) is 4.99. The predicted octanol–water partition coefficient (Wildman–Crippen LogP) is 3.40. The second-order valence-corrected chi connectivity index (χ2v) is 5.78. The number of hydrogen-bond donors (Lipinski definition) is 0. The molecule has 1 aromatic carbocycles. The van der Waals surface area contributed by atoms with E-state index in [2.05, 4.69) is 15.9 Å². The highest BCUT2D eigenvalue weighted by molar-refractivity contribution is 9.10. The van der Waals surface area contributed by atoms with Gasteiger partial charge in [-0.25, -0.2) is 0 Å². The number of carbonyl (C=O) groups excluding carboxylic acids is 1. The molecule has 4 heteroatoms. The topological polar surface area (TPSA) is 29.5 Å². The normalized spacial score (nSPS) is 16.7. The van der Waals surface area contributed by atoms with Crippen molar-refractivity contribution >= 4 is 21.8 Å². The van der Waals surface area contributed by atoms with Gasteiger partial charge in [-0.3, -0.25) is 4.79 Å². The number of benzene rings is 1. The molecule has 0 aromatic heterocycles. The molecule has 1 aromatic rings. The molecule has 0 aliphatic carbocycles. The number of ether oxygens (including phenoxy) is 1. The fourth-order valence-corrected chi connectivity index (χ4v) is 2.85. The van der Waals surface area contributed by atoms with Gasteiger partial charge in [-0.1, -0.05) is 11.6 Å². The molecule has 0 saturated carbocycles. The first-order valence-corrected chi connectivity index (χ1v) is 7.58. The van der Waals surface area contributed by atoms with E-state index >= 15 is 0 Å². The molecular weight excluding hydrogens is 306 g/mol. The summed E-state index contributed by atoms with van der Waals surface area (Å²) in [6, 6.07) is 5.89. The summed E-state index contributed by atoms with van der Waals surface area (Å²) in [5, 5.41) is 0. The SMILES string of the molecule is CCOC1CCN(C(=O)c2cc(C)ccc2Br)CC1. The lowest BCUT2D eigenvalue weighted by Gasteiger charge is -2.32. The van der Waals surface area contributed by atoms with E-state index in [0.717, 1.165) is 48.1 Å². The number of amides is 1. The monoisotopic (exact) mass is 325 g/mol. The quantitative estimate of drug-likeness (QED) is 0.852. The third-order valence-electron chi connectivity index (χ3n) is 3.48. The highest BCUT2D eigenvalue weighted by Crippen LogP contribution is 2.22. The molecule has 0 spiro atoms. The summed E-state index contributed by atoms with van der Waals surface area (Å²) in [5.41, 5.74) is 1.87. The third-order valence-corrected chi connectivity index (χ3v) is 4.18. The largest absolute Gasteiger partial charge is 0.378 e. The number of carbonyl (C=O) groups is 1. The van der Waals surface area contributed by atoms with E-state index in [1.165, 1.54) is 0 Å². The maximum absolute atomic E-state index is 12.5. The van der Waals surface area contributed by atoms with E-state index in [1.807, 2.05) is 36.9 Å². The van der Waals surface area contributed by atoms with Gasteiger partial charge >= 0.3 is 0 Å². The first-order chi connectivity index (χ1) is 9.11. The van der Waals surface area contributed by atoms with Gasteiger partial charge in [-0.15, -0.1) is 0 Å². The van der Waals surface area contributed by atoms with Crippen LogP contribution in [0, 0.1) is 6.92 Å². The Balaban J connectivity index is 2.03. The molecule has 0 bridgehead atoms. The Hall–Kier alpha value is -0.870. The summed E-state index contributed by atoms with van der Waals surface area (Å²) < 4.78 is 6.48. The Morgan fingerprint density at radius 2 is 2.11 bits per heavy atom. The average Bonchev–Trinajstić information content (AvgIpc) is 2.42. The van der Waals surface area contributed by atoms with Crippen molar-refractivity contribution in [2.75, 3.05) is 19.7 Å². The Labute approximate surface area is 123 Å². The van der Waals surface area contributed by atoms with Crippen LogP contribution < -0.4 is 0 Å². The minimum Gasteiger partial charge on any atom is -0.378 e. The number of nitrogens with zero attached hydrogens (tertiary/aromatic N) is 1. The third kappa shape index (κ3) is 3.57. The van der Waals surface area contributed by atoms with Crippen LogP contribution in [0.25, 0.3) is 0 Å². The van der Waals surface area contributed by atoms with Crippen LogP contribution in [0.2, 0.25) is 0 Å². The van der Waals surface area contributed by atoms with Gasteiger partial charge in [0.25, 0.3) is 5.91 Å². The zero-order valence-electron chi connectivity index (χ0n) is 11.5. The van der Waals surface area contributed by atoms with Crippen LogP contribution in [0.5, 0.6) is 0 Å². The number of aryl methyl sites for hydroxylation is 1. The van der Waals surface area contributed by atoms with Crippen molar-refractivity contribution in [1.29, 1.82) is 0 Å². The van der Waals surface area contributed by atoms with Gasteiger partial charge < -0.3 is 9.64 Å². The maximum atomic E-state index is 12.5. The molecule has 104 valence electrons. The average molecular weight is 326 g/mol. The lowest BCUT2D eigenvalue weighted by molar-refractivity contribution is 0.0145. The zero-order chi connectivity index (χ0) is 13.8. The molecule has 0 unspecified atom stereocenters. The molecule has 0 N–H and O–H groups in total. The molecule has 2 rings (SSSR count). The van der Waals surface area contributed by atoms with E-state index in [1.54, 1.807) is 0 Å². The van der Waals surface area contributed by atoms with Crippen molar-refractivity contribution in [2.24, 2.45) is 0 Å². The number of hydrogen-bond acceptors (Lipinski definition) is 2. The summed E-state index contributed by atoms with van der Waals surface area (Å²) in [7, 11) is 0. The van der Waals surface area contributed by atoms with Gasteiger partial charge in [0.05, 0.1) is 11.7 Å². The van der Waals surface area contributed by atoms with Gasteiger partial charge in [0.1, 0.15) is 0 Å². The fraction of sp³-hybridized carbons (Fsp3) is 0.533. The Morgan fingerprint density at radius 1 is 1.42 bits per heavy atom. The standard InChI is InChI=1S/C15H20BrNO2/c1-3-19-12-6-8-17(9-7-12)15(18)13-10-11(2)4-5-14(13)16/h4-5,10,12H,3,6-9H2,1-2H3. The first-order valence-electron chi connectivity index (χ1n) is 6.79. The van der Waals surface area contributed by atoms with Gasteiger partial charge in [0.15, 0.2) is 0 Å². The van der Waals surface area contributed by atoms with Gasteiger partial charge in [-0.2, -0.15) is 0 Å². The van der Waals surface area contributed by atoms with Gasteiger partial charge in [-0.05, 0) is 54.8 Å². The summed E-state index contributed by atoms with van der Waals surface area (Å²) in [5.74, 6) is 0.116. The molecule has 19 heavy (non-hydrogen) atoms. The van der Waals surface area contributed by atoms with Crippen LogP contribution in [-0.4, -0.2) is 36.6 Å². The number of halogens is 1. The van der Waals surface area contributed by atoms with Crippen LogP contribution in [-0.2, 0) is 4.74 Å². The highest BCUT2D eigenvalue weighted by atomic mass is 79.9. The van der Waals surface area contributed by atoms with E-state index in [-0.39, 0.29) is 5.91 Å². The molecule has 3 nitrogen and oxygen atoms in total. The molecular formula is C15H20BrNO2. The van der Waals surface area contributed by atoms with E-state index in [0.29, 0.717) is 6.10 Å². The number of likely N-dealkylation sites (tertiary alicyclic amines) is 1. The molecule has 0 radical (unpaired) electrons. The number of piperidine rings is 1. The van der Waals surface area contributed by atoms with Crippen LogP contribution in [0.1, 0.15) is 35.7 Å². The molecule has 1 amide bonds. The van der Waals surface area contributed by atoms with Crippen molar-refractivity contribution in [3.63, 3.8) is 0 Å². The second-order valence-electron chi connectivity index (χ2n) is 4.93. The van der Waals surface area contributed by atoms with Gasteiger partial charge in [0, 0.05) is 24.2 Å². The maximum Gasteiger partial charge on any atom is 0.255 e. The van der Waals surface area contributed by atoms with Crippen molar-refractivity contribution in [1.82, 2.24) is 4.90 Å². The molecule has 1 saturated heterocycles.